The lowest BCUT2D eigenvalue weighted by Crippen LogP contribution is -2.40. The first-order valence-corrected chi connectivity index (χ1v) is 16.2. The van der Waals surface area contributed by atoms with Crippen molar-refractivity contribution in [3.05, 3.63) is 64.4 Å². The van der Waals surface area contributed by atoms with E-state index >= 15 is 0 Å². The maximum absolute atomic E-state index is 13.0. The Morgan fingerprint density at radius 2 is 1.83 bits per heavy atom. The fraction of sp³-hybridized carbons (Fsp3) is 0.414. The van der Waals surface area contributed by atoms with Crippen molar-refractivity contribution in [3.8, 4) is 11.3 Å². The first-order chi connectivity index (χ1) is 20.1. The van der Waals surface area contributed by atoms with Gasteiger partial charge in [-0.2, -0.15) is 0 Å². The SMILES string of the molecule is CC(C)COC(=O)c1[nH]c2ccc(Cl)cc2c1-c1cn(CC2CCN(CCNS(=O)(=O)c3ccc(Cl)cc3)CC2)nn1. The molecule has 0 aliphatic carbocycles. The number of hydrogen-bond acceptors (Lipinski definition) is 7. The van der Waals surface area contributed by atoms with Crippen molar-refractivity contribution in [1.29, 1.82) is 0 Å². The third kappa shape index (κ3) is 7.33. The average Bonchev–Trinajstić information content (AvgIpc) is 3.57. The summed E-state index contributed by atoms with van der Waals surface area (Å²) in [4.78, 5) is 18.6. The lowest BCUT2D eigenvalue weighted by atomic mass is 9.97. The number of fused-ring (bicyclic) bond motifs is 1. The smallest absolute Gasteiger partial charge is 0.355 e. The minimum absolute atomic E-state index is 0.202. The van der Waals surface area contributed by atoms with Gasteiger partial charge in [0.25, 0.3) is 0 Å². The molecule has 2 aromatic carbocycles. The van der Waals surface area contributed by atoms with Gasteiger partial charge in [0.2, 0.25) is 10.0 Å². The van der Waals surface area contributed by atoms with Gasteiger partial charge in [-0.1, -0.05) is 42.3 Å². The van der Waals surface area contributed by atoms with Crippen LogP contribution < -0.4 is 4.72 Å². The zero-order valence-electron chi connectivity index (χ0n) is 23.5. The number of nitrogens with zero attached hydrogens (tertiary/aromatic N) is 4. The van der Waals surface area contributed by atoms with Gasteiger partial charge in [-0.05, 0) is 80.2 Å². The number of carbonyl (C=O) groups is 1. The molecule has 3 heterocycles. The number of benzene rings is 2. The molecule has 10 nitrogen and oxygen atoms in total. The molecule has 0 saturated carbocycles. The normalized spacial score (nSPS) is 15.1. The number of nitrogens with one attached hydrogen (secondary N) is 2. The van der Waals surface area contributed by atoms with Crippen LogP contribution in [0, 0.1) is 11.8 Å². The third-order valence-electron chi connectivity index (χ3n) is 7.30. The van der Waals surface area contributed by atoms with Crippen LogP contribution in [0.15, 0.2) is 53.6 Å². The zero-order valence-corrected chi connectivity index (χ0v) is 25.8. The Bertz CT molecular complexity index is 1640. The molecule has 42 heavy (non-hydrogen) atoms. The lowest BCUT2D eigenvalue weighted by Gasteiger charge is -2.31. The number of aromatic amines is 1. The third-order valence-corrected chi connectivity index (χ3v) is 9.27. The standard InChI is InChI=1S/C29H34Cl2N6O4S/c1-19(2)18-41-29(38)28-27(24-15-22(31)5-8-25(24)33-28)26-17-37(35-34-26)16-20-9-12-36(13-10-20)14-11-32-42(39,40)23-6-3-21(30)4-7-23/h3-8,15,17,19-20,32-33H,9-14,16,18H2,1-2H3. The Morgan fingerprint density at radius 3 is 2.55 bits per heavy atom. The monoisotopic (exact) mass is 632 g/mol. The molecule has 1 saturated heterocycles. The van der Waals surface area contributed by atoms with Crippen molar-refractivity contribution in [2.24, 2.45) is 11.8 Å². The Hall–Kier alpha value is -2.96. The van der Waals surface area contributed by atoms with E-state index < -0.39 is 16.0 Å². The van der Waals surface area contributed by atoms with Crippen LogP contribution in [0.5, 0.6) is 0 Å². The number of halogens is 2. The Morgan fingerprint density at radius 1 is 1.12 bits per heavy atom. The molecule has 2 N–H and O–H groups in total. The van der Waals surface area contributed by atoms with Gasteiger partial charge in [-0.25, -0.2) is 17.9 Å². The maximum atomic E-state index is 13.0. The highest BCUT2D eigenvalue weighted by Gasteiger charge is 2.25. The van der Waals surface area contributed by atoms with Crippen LogP contribution in [-0.4, -0.2) is 72.1 Å². The van der Waals surface area contributed by atoms with E-state index in [4.69, 9.17) is 27.9 Å². The number of rotatable bonds is 11. The van der Waals surface area contributed by atoms with E-state index in [-0.39, 0.29) is 10.8 Å². The van der Waals surface area contributed by atoms with E-state index in [0.717, 1.165) is 36.8 Å². The van der Waals surface area contributed by atoms with Crippen LogP contribution in [0.4, 0.5) is 0 Å². The van der Waals surface area contributed by atoms with Crippen LogP contribution >= 0.6 is 23.2 Å². The molecule has 0 atom stereocenters. The summed E-state index contributed by atoms with van der Waals surface area (Å²) >= 11 is 12.2. The van der Waals surface area contributed by atoms with Gasteiger partial charge in [0.15, 0.2) is 0 Å². The summed E-state index contributed by atoms with van der Waals surface area (Å²) in [7, 11) is -3.57. The van der Waals surface area contributed by atoms with Crippen LogP contribution in [0.2, 0.25) is 10.0 Å². The largest absolute Gasteiger partial charge is 0.461 e. The molecule has 1 fully saturated rings. The van der Waals surface area contributed by atoms with E-state index in [9.17, 15) is 13.2 Å². The van der Waals surface area contributed by atoms with E-state index in [2.05, 4.69) is 24.9 Å². The molecular formula is C29H34Cl2N6O4S. The predicted molar refractivity (Wildman–Crippen MR) is 163 cm³/mol. The average molecular weight is 634 g/mol. The molecular weight excluding hydrogens is 599 g/mol. The second-order valence-corrected chi connectivity index (χ2v) is 13.7. The second-order valence-electron chi connectivity index (χ2n) is 11.0. The summed E-state index contributed by atoms with van der Waals surface area (Å²) in [5.41, 5.74) is 2.30. The first-order valence-electron chi connectivity index (χ1n) is 14.0. The molecule has 1 aliphatic rings. The molecule has 1 aliphatic heterocycles. The van der Waals surface area contributed by atoms with Gasteiger partial charge in [-0.3, -0.25) is 4.68 Å². The highest BCUT2D eigenvalue weighted by atomic mass is 35.5. The molecule has 5 rings (SSSR count). The van der Waals surface area contributed by atoms with Gasteiger partial charge in [0.1, 0.15) is 11.4 Å². The zero-order chi connectivity index (χ0) is 29.9. The number of carbonyl (C=O) groups excluding carboxylic acids is 1. The van der Waals surface area contributed by atoms with E-state index in [0.29, 0.717) is 59.2 Å². The summed E-state index contributed by atoms with van der Waals surface area (Å²) in [6.45, 7) is 7.67. The summed E-state index contributed by atoms with van der Waals surface area (Å²) in [5.74, 6) is 0.167. The van der Waals surface area contributed by atoms with Crippen molar-refractivity contribution >= 4 is 50.1 Å². The van der Waals surface area contributed by atoms with Crippen molar-refractivity contribution in [3.63, 3.8) is 0 Å². The lowest BCUT2D eigenvalue weighted by molar-refractivity contribution is 0.0454. The predicted octanol–water partition coefficient (Wildman–Crippen LogP) is 5.24. The maximum Gasteiger partial charge on any atom is 0.355 e. The van der Waals surface area contributed by atoms with Gasteiger partial charge < -0.3 is 14.6 Å². The number of likely N-dealkylation sites (tertiary alicyclic amines) is 1. The van der Waals surface area contributed by atoms with Gasteiger partial charge in [0.05, 0.1) is 17.7 Å². The van der Waals surface area contributed by atoms with Crippen molar-refractivity contribution in [1.82, 2.24) is 29.6 Å². The highest BCUT2D eigenvalue weighted by molar-refractivity contribution is 7.89. The van der Waals surface area contributed by atoms with Gasteiger partial charge >= 0.3 is 5.97 Å². The topological polar surface area (TPSA) is 122 Å². The second kappa shape index (κ2) is 13.1. The quantitative estimate of drug-likeness (QED) is 0.217. The van der Waals surface area contributed by atoms with Crippen LogP contribution in [-0.2, 0) is 21.3 Å². The summed E-state index contributed by atoms with van der Waals surface area (Å²) in [6.07, 6.45) is 3.77. The van der Waals surface area contributed by atoms with E-state index in [1.54, 1.807) is 18.2 Å². The van der Waals surface area contributed by atoms with Gasteiger partial charge in [0, 0.05) is 46.1 Å². The van der Waals surface area contributed by atoms with Crippen molar-refractivity contribution in [2.75, 3.05) is 32.8 Å². The Balaban J connectivity index is 1.18. The molecule has 0 spiro atoms. The number of piperidine rings is 1. The minimum atomic E-state index is -3.57. The Kier molecular flexibility index (Phi) is 9.54. The molecule has 0 amide bonds. The molecule has 13 heteroatoms. The molecule has 0 radical (unpaired) electrons. The molecule has 0 bridgehead atoms. The van der Waals surface area contributed by atoms with Crippen LogP contribution in [0.3, 0.4) is 0 Å². The number of esters is 1. The number of ether oxygens (including phenoxy) is 1. The molecule has 0 unspecified atom stereocenters. The van der Waals surface area contributed by atoms with E-state index in [1.165, 1.54) is 12.1 Å². The number of sulfonamides is 1. The highest BCUT2D eigenvalue weighted by Crippen LogP contribution is 2.34. The summed E-state index contributed by atoms with van der Waals surface area (Å²) in [5, 5.41) is 10.6. The first kappa shape index (κ1) is 30.5. The van der Waals surface area contributed by atoms with E-state index in [1.807, 2.05) is 36.9 Å². The molecule has 2 aromatic heterocycles. The Labute approximate surface area is 255 Å². The minimum Gasteiger partial charge on any atom is -0.461 e. The fourth-order valence-electron chi connectivity index (χ4n) is 5.09. The summed E-state index contributed by atoms with van der Waals surface area (Å²) < 4.78 is 35.0. The van der Waals surface area contributed by atoms with Crippen molar-refractivity contribution in [2.45, 2.75) is 38.1 Å². The molecule has 224 valence electrons. The summed E-state index contributed by atoms with van der Waals surface area (Å²) in [6, 6.07) is 11.5. The van der Waals surface area contributed by atoms with Gasteiger partial charge in [-0.15, -0.1) is 5.10 Å². The molecule has 4 aromatic rings. The van der Waals surface area contributed by atoms with Crippen molar-refractivity contribution < 1.29 is 17.9 Å². The fourth-order valence-corrected chi connectivity index (χ4v) is 6.41. The van der Waals surface area contributed by atoms with Crippen LogP contribution in [0.1, 0.15) is 37.2 Å². The number of hydrogen-bond donors (Lipinski definition) is 2. The number of H-pyrrole nitrogens is 1. The van der Waals surface area contributed by atoms with Crippen LogP contribution in [0.25, 0.3) is 22.2 Å². The number of aromatic nitrogens is 4.